The second-order valence-corrected chi connectivity index (χ2v) is 6.68. The van der Waals surface area contributed by atoms with Crippen LogP contribution in [0.3, 0.4) is 0 Å². The number of amides is 1. The molecule has 28 heavy (non-hydrogen) atoms. The molecule has 3 rings (SSSR count). The van der Waals surface area contributed by atoms with E-state index < -0.39 is 5.97 Å². The van der Waals surface area contributed by atoms with E-state index in [4.69, 9.17) is 10.8 Å². The summed E-state index contributed by atoms with van der Waals surface area (Å²) in [4.78, 5) is 23.8. The predicted molar refractivity (Wildman–Crippen MR) is 110 cm³/mol. The molecule has 3 aromatic rings. The lowest BCUT2D eigenvalue weighted by atomic mass is 9.99. The normalized spacial score (nSPS) is 11.6. The van der Waals surface area contributed by atoms with E-state index in [1.54, 1.807) is 30.3 Å². The number of carbonyl (C=O) groups excluding carboxylic acids is 1. The van der Waals surface area contributed by atoms with Gasteiger partial charge >= 0.3 is 5.97 Å². The molecule has 142 valence electrons. The molecule has 0 aliphatic heterocycles. The molecule has 4 N–H and O–H groups in total. The van der Waals surface area contributed by atoms with E-state index in [1.807, 2.05) is 49.4 Å². The van der Waals surface area contributed by atoms with E-state index >= 15 is 0 Å². The van der Waals surface area contributed by atoms with Crippen LogP contribution in [-0.2, 0) is 11.2 Å². The minimum absolute atomic E-state index is 0.0721. The molecular formula is C23H22N2O3. The smallest absolute Gasteiger partial charge is 0.307 e. The molecule has 0 aromatic heterocycles. The monoisotopic (exact) mass is 374 g/mol. The van der Waals surface area contributed by atoms with Crippen molar-refractivity contribution in [2.24, 2.45) is 5.73 Å². The topological polar surface area (TPSA) is 92.4 Å². The van der Waals surface area contributed by atoms with Gasteiger partial charge in [0.05, 0.1) is 6.42 Å². The number of para-hydroxylation sites is 1. The third kappa shape index (κ3) is 4.64. The summed E-state index contributed by atoms with van der Waals surface area (Å²) in [5.74, 6) is -1.24. The predicted octanol–water partition coefficient (Wildman–Crippen LogP) is 4.25. The Balaban J connectivity index is 1.86. The van der Waals surface area contributed by atoms with Gasteiger partial charge in [0.2, 0.25) is 0 Å². The Hall–Kier alpha value is -3.44. The van der Waals surface area contributed by atoms with Crippen molar-refractivity contribution in [2.75, 3.05) is 5.32 Å². The average Bonchev–Trinajstić information content (AvgIpc) is 2.69. The van der Waals surface area contributed by atoms with Gasteiger partial charge in [0.15, 0.2) is 0 Å². The summed E-state index contributed by atoms with van der Waals surface area (Å²) in [5.41, 5.74) is 10.4. The zero-order chi connectivity index (χ0) is 20.1. The molecule has 5 nitrogen and oxygen atoms in total. The number of benzene rings is 3. The molecule has 0 spiro atoms. The lowest BCUT2D eigenvalue weighted by Gasteiger charge is -2.12. The van der Waals surface area contributed by atoms with Crippen LogP contribution in [0.4, 0.5) is 5.69 Å². The highest BCUT2D eigenvalue weighted by Gasteiger charge is 2.12. The van der Waals surface area contributed by atoms with Crippen molar-refractivity contribution in [3.63, 3.8) is 0 Å². The molecule has 0 saturated carbocycles. The zero-order valence-corrected chi connectivity index (χ0v) is 15.6. The summed E-state index contributed by atoms with van der Waals surface area (Å²) in [6, 6.07) is 22.1. The summed E-state index contributed by atoms with van der Waals surface area (Å²) >= 11 is 0. The van der Waals surface area contributed by atoms with Crippen molar-refractivity contribution >= 4 is 17.6 Å². The zero-order valence-electron chi connectivity index (χ0n) is 15.6. The van der Waals surface area contributed by atoms with Crippen LogP contribution in [0.2, 0.25) is 0 Å². The number of hydrogen-bond donors (Lipinski definition) is 3. The molecule has 0 fully saturated rings. The van der Waals surface area contributed by atoms with Crippen molar-refractivity contribution in [2.45, 2.75) is 19.4 Å². The van der Waals surface area contributed by atoms with Crippen LogP contribution >= 0.6 is 0 Å². The molecule has 3 aromatic carbocycles. The van der Waals surface area contributed by atoms with Crippen LogP contribution in [0.1, 0.15) is 34.5 Å². The van der Waals surface area contributed by atoms with Gasteiger partial charge in [-0.15, -0.1) is 0 Å². The molecule has 0 heterocycles. The van der Waals surface area contributed by atoms with Crippen molar-refractivity contribution < 1.29 is 14.7 Å². The van der Waals surface area contributed by atoms with Crippen molar-refractivity contribution in [1.29, 1.82) is 0 Å². The minimum atomic E-state index is -0.947. The Morgan fingerprint density at radius 1 is 0.964 bits per heavy atom. The number of anilines is 1. The van der Waals surface area contributed by atoms with Gasteiger partial charge in [0, 0.05) is 17.3 Å². The van der Waals surface area contributed by atoms with Crippen molar-refractivity contribution in [1.82, 2.24) is 0 Å². The number of aliphatic carboxylic acids is 1. The Bertz CT molecular complexity index is 1010. The molecule has 1 atom stereocenters. The lowest BCUT2D eigenvalue weighted by molar-refractivity contribution is -0.136. The molecule has 0 aliphatic rings. The van der Waals surface area contributed by atoms with Crippen molar-refractivity contribution in [3.05, 3.63) is 89.5 Å². The molecule has 0 saturated heterocycles. The summed E-state index contributed by atoms with van der Waals surface area (Å²) in [7, 11) is 0. The number of nitrogens with two attached hydrogens (primary N) is 1. The SMILES string of the molecule is CC(N)c1cccc(-c2cccc(C(=O)Nc3ccccc3CC(=O)O)c2)c1. The van der Waals surface area contributed by atoms with Gasteiger partial charge in [-0.1, -0.05) is 48.5 Å². The van der Waals surface area contributed by atoms with Gasteiger partial charge < -0.3 is 16.2 Å². The van der Waals surface area contributed by atoms with Gasteiger partial charge in [-0.2, -0.15) is 0 Å². The molecule has 1 amide bonds. The summed E-state index contributed by atoms with van der Waals surface area (Å²) < 4.78 is 0. The molecule has 0 aliphatic carbocycles. The maximum absolute atomic E-state index is 12.7. The first-order chi connectivity index (χ1) is 13.4. The lowest BCUT2D eigenvalue weighted by Crippen LogP contribution is -2.14. The number of rotatable bonds is 6. The third-order valence-corrected chi connectivity index (χ3v) is 4.48. The van der Waals surface area contributed by atoms with Crippen molar-refractivity contribution in [3.8, 4) is 11.1 Å². The largest absolute Gasteiger partial charge is 0.481 e. The van der Waals surface area contributed by atoms with Crippen LogP contribution < -0.4 is 11.1 Å². The molecule has 5 heteroatoms. The maximum atomic E-state index is 12.7. The average molecular weight is 374 g/mol. The van der Waals surface area contributed by atoms with Gasteiger partial charge in [-0.05, 0) is 53.4 Å². The first kappa shape index (κ1) is 19.3. The van der Waals surface area contributed by atoms with E-state index in [0.717, 1.165) is 16.7 Å². The van der Waals surface area contributed by atoms with Gasteiger partial charge in [0.25, 0.3) is 5.91 Å². The van der Waals surface area contributed by atoms with E-state index in [0.29, 0.717) is 16.8 Å². The van der Waals surface area contributed by atoms with E-state index in [2.05, 4.69) is 5.32 Å². The van der Waals surface area contributed by atoms with Crippen LogP contribution in [-0.4, -0.2) is 17.0 Å². The summed E-state index contributed by atoms with van der Waals surface area (Å²) in [6.45, 7) is 1.93. The second kappa shape index (κ2) is 8.50. The minimum Gasteiger partial charge on any atom is -0.481 e. The highest BCUT2D eigenvalue weighted by Crippen LogP contribution is 2.24. The third-order valence-electron chi connectivity index (χ3n) is 4.48. The molecule has 1 unspecified atom stereocenters. The number of carboxylic acid groups (broad SMARTS) is 1. The molecular weight excluding hydrogens is 352 g/mol. The summed E-state index contributed by atoms with van der Waals surface area (Å²) in [6.07, 6.45) is -0.152. The summed E-state index contributed by atoms with van der Waals surface area (Å²) in [5, 5.41) is 11.9. The first-order valence-electron chi connectivity index (χ1n) is 9.01. The fourth-order valence-electron chi connectivity index (χ4n) is 3.00. The highest BCUT2D eigenvalue weighted by molar-refractivity contribution is 6.05. The van der Waals surface area contributed by atoms with Gasteiger partial charge in [-0.3, -0.25) is 9.59 Å². The molecule has 0 radical (unpaired) electrons. The number of nitrogens with one attached hydrogen (secondary N) is 1. The van der Waals surface area contributed by atoms with E-state index in [1.165, 1.54) is 0 Å². The Morgan fingerprint density at radius 3 is 2.36 bits per heavy atom. The number of carboxylic acids is 1. The van der Waals surface area contributed by atoms with Gasteiger partial charge in [-0.25, -0.2) is 0 Å². The standard InChI is InChI=1S/C23H22N2O3/c1-15(24)16-7-4-8-17(12-16)18-9-5-10-20(13-18)23(28)25-21-11-3-2-6-19(21)14-22(26)27/h2-13,15H,14,24H2,1H3,(H,25,28)(H,26,27). The Kier molecular flexibility index (Phi) is 5.87. The fourth-order valence-corrected chi connectivity index (χ4v) is 3.00. The maximum Gasteiger partial charge on any atom is 0.307 e. The van der Waals surface area contributed by atoms with E-state index in [-0.39, 0.29) is 18.4 Å². The van der Waals surface area contributed by atoms with Gasteiger partial charge in [0.1, 0.15) is 0 Å². The number of hydrogen-bond acceptors (Lipinski definition) is 3. The van der Waals surface area contributed by atoms with E-state index in [9.17, 15) is 9.59 Å². The Morgan fingerprint density at radius 2 is 1.64 bits per heavy atom. The van der Waals surface area contributed by atoms with Crippen LogP contribution in [0.15, 0.2) is 72.8 Å². The Labute approximate surface area is 163 Å². The quantitative estimate of drug-likeness (QED) is 0.601. The van der Waals surface area contributed by atoms with Crippen LogP contribution in [0, 0.1) is 0 Å². The second-order valence-electron chi connectivity index (χ2n) is 6.68. The first-order valence-corrected chi connectivity index (χ1v) is 9.01. The highest BCUT2D eigenvalue weighted by atomic mass is 16.4. The fraction of sp³-hybridized carbons (Fsp3) is 0.130. The van der Waals surface area contributed by atoms with Crippen LogP contribution in [0.25, 0.3) is 11.1 Å². The molecule has 0 bridgehead atoms. The number of carbonyl (C=O) groups is 2. The van der Waals surface area contributed by atoms with Crippen LogP contribution in [0.5, 0.6) is 0 Å².